The third kappa shape index (κ3) is 3.71. The van der Waals surface area contributed by atoms with E-state index in [0.717, 1.165) is 24.0 Å². The number of imidazole rings is 1. The highest BCUT2D eigenvalue weighted by Gasteiger charge is 2.45. The molecule has 0 atom stereocenters. The van der Waals surface area contributed by atoms with E-state index in [1.54, 1.807) is 30.8 Å². The van der Waals surface area contributed by atoms with Crippen molar-refractivity contribution >= 4 is 20.9 Å². The first-order chi connectivity index (χ1) is 17.6. The van der Waals surface area contributed by atoms with Gasteiger partial charge in [0.2, 0.25) is 0 Å². The summed E-state index contributed by atoms with van der Waals surface area (Å²) < 4.78 is 63.9. The van der Waals surface area contributed by atoms with Crippen LogP contribution in [-0.2, 0) is 22.3 Å². The molecule has 0 unspecified atom stereocenters. The lowest BCUT2D eigenvalue weighted by Gasteiger charge is -2.12. The second kappa shape index (κ2) is 7.73. The second-order valence-corrected chi connectivity index (χ2v) is 11.4. The Morgan fingerprint density at radius 3 is 2.38 bits per heavy atom. The zero-order valence-corrected chi connectivity index (χ0v) is 20.6. The van der Waals surface area contributed by atoms with Crippen LogP contribution < -0.4 is 9.47 Å². The second-order valence-electron chi connectivity index (χ2n) is 9.19. The Hall–Kier alpha value is -4.04. The van der Waals surface area contributed by atoms with Crippen molar-refractivity contribution in [1.29, 1.82) is 5.26 Å². The molecule has 2 aromatic heterocycles. The smallest absolute Gasteiger partial charge is 0.395 e. The monoisotopic (exact) mass is 522 g/mol. The van der Waals surface area contributed by atoms with Crippen molar-refractivity contribution in [1.82, 2.24) is 14.5 Å². The van der Waals surface area contributed by atoms with Crippen LogP contribution in [-0.4, -0.2) is 35.0 Å². The number of nitrogens with zero attached hydrogens (tertiary/aromatic N) is 4. The topological polar surface area (TPSA) is 107 Å². The number of alkyl halides is 2. The Morgan fingerprint density at radius 1 is 1.08 bits per heavy atom. The molecule has 2 aromatic carbocycles. The molecular formula is C26H20F2N4O4S. The van der Waals surface area contributed by atoms with Crippen LogP contribution >= 0.6 is 0 Å². The minimum absolute atomic E-state index is 0.0113. The number of fused-ring (bicyclic) bond motifs is 2. The molecule has 0 N–H and O–H groups in total. The summed E-state index contributed by atoms with van der Waals surface area (Å²) in [6.07, 6.45) is -0.518. The molecule has 2 aliphatic rings. The van der Waals surface area contributed by atoms with E-state index in [2.05, 4.69) is 25.5 Å². The molecule has 0 spiro atoms. The van der Waals surface area contributed by atoms with Crippen LogP contribution in [0.15, 0.2) is 53.6 Å². The van der Waals surface area contributed by atoms with Crippen LogP contribution in [0.2, 0.25) is 0 Å². The molecule has 1 fully saturated rings. The Balaban J connectivity index is 1.46. The lowest BCUT2D eigenvalue weighted by Crippen LogP contribution is -2.25. The number of sulfone groups is 1. The predicted octanol–water partition coefficient (Wildman–Crippen LogP) is 4.97. The van der Waals surface area contributed by atoms with Gasteiger partial charge in [0.15, 0.2) is 27.2 Å². The quantitative estimate of drug-likeness (QED) is 0.364. The van der Waals surface area contributed by atoms with Gasteiger partial charge in [-0.2, -0.15) is 5.26 Å². The van der Waals surface area contributed by atoms with Gasteiger partial charge in [0.1, 0.15) is 5.69 Å². The number of halogens is 2. The van der Waals surface area contributed by atoms with E-state index in [-0.39, 0.29) is 33.7 Å². The van der Waals surface area contributed by atoms with Crippen molar-refractivity contribution in [3.05, 3.63) is 54.2 Å². The van der Waals surface area contributed by atoms with Crippen molar-refractivity contribution in [3.63, 3.8) is 0 Å². The fourth-order valence-corrected chi connectivity index (χ4v) is 5.64. The summed E-state index contributed by atoms with van der Waals surface area (Å²) in [5.74, 6) is -0.183. The van der Waals surface area contributed by atoms with Crippen LogP contribution in [0.5, 0.6) is 11.5 Å². The van der Waals surface area contributed by atoms with Crippen molar-refractivity contribution < 1.29 is 26.7 Å². The SMILES string of the molecule is CCS(=O)(=O)c1cc(-c2ccc(C3(C#N)CC3)cc2)cnc1-c1nc2cc3c(cc2n1C)OC(F)(F)O3. The van der Waals surface area contributed by atoms with Gasteiger partial charge in [-0.05, 0) is 30.0 Å². The average Bonchev–Trinajstić information content (AvgIpc) is 3.54. The van der Waals surface area contributed by atoms with Gasteiger partial charge in [-0.15, -0.1) is 8.78 Å². The molecule has 3 heterocycles. The first kappa shape index (κ1) is 23.4. The molecule has 1 saturated carbocycles. The lowest BCUT2D eigenvalue weighted by molar-refractivity contribution is -0.286. The average molecular weight is 523 g/mol. The predicted molar refractivity (Wildman–Crippen MR) is 130 cm³/mol. The van der Waals surface area contributed by atoms with Gasteiger partial charge in [0.05, 0.1) is 33.2 Å². The van der Waals surface area contributed by atoms with Crippen LogP contribution in [0.25, 0.3) is 33.7 Å². The van der Waals surface area contributed by atoms with Gasteiger partial charge in [-0.1, -0.05) is 31.2 Å². The molecule has 0 radical (unpaired) electrons. The number of aromatic nitrogens is 3. The molecule has 1 aliphatic carbocycles. The fraction of sp³-hybridized carbons (Fsp3) is 0.269. The number of benzene rings is 2. The molecule has 188 valence electrons. The van der Waals surface area contributed by atoms with E-state index in [9.17, 15) is 22.5 Å². The first-order valence-corrected chi connectivity index (χ1v) is 13.2. The minimum Gasteiger partial charge on any atom is -0.395 e. The molecule has 0 saturated heterocycles. The summed E-state index contributed by atoms with van der Waals surface area (Å²) in [4.78, 5) is 9.01. The number of rotatable bonds is 5. The van der Waals surface area contributed by atoms with Crippen molar-refractivity contribution in [2.24, 2.45) is 7.05 Å². The van der Waals surface area contributed by atoms with E-state index in [4.69, 9.17) is 0 Å². The summed E-state index contributed by atoms with van der Waals surface area (Å²) in [6.45, 7) is 1.55. The van der Waals surface area contributed by atoms with Gasteiger partial charge in [0, 0.05) is 30.9 Å². The van der Waals surface area contributed by atoms with E-state index < -0.39 is 21.5 Å². The summed E-state index contributed by atoms with van der Waals surface area (Å²) >= 11 is 0. The summed E-state index contributed by atoms with van der Waals surface area (Å²) in [5.41, 5.74) is 2.82. The van der Waals surface area contributed by atoms with E-state index >= 15 is 0 Å². The molecule has 11 heteroatoms. The van der Waals surface area contributed by atoms with Gasteiger partial charge >= 0.3 is 6.29 Å². The largest absolute Gasteiger partial charge is 0.586 e. The zero-order valence-electron chi connectivity index (χ0n) is 19.8. The first-order valence-electron chi connectivity index (χ1n) is 11.6. The van der Waals surface area contributed by atoms with Crippen molar-refractivity contribution in [2.45, 2.75) is 36.4 Å². The number of hydrogen-bond acceptors (Lipinski definition) is 7. The maximum Gasteiger partial charge on any atom is 0.586 e. The lowest BCUT2D eigenvalue weighted by atomic mass is 9.95. The van der Waals surface area contributed by atoms with E-state index in [1.807, 2.05) is 24.3 Å². The third-order valence-corrected chi connectivity index (χ3v) is 8.66. The molecule has 4 aromatic rings. The number of nitriles is 1. The van der Waals surface area contributed by atoms with Gasteiger partial charge in [-0.25, -0.2) is 13.4 Å². The summed E-state index contributed by atoms with van der Waals surface area (Å²) in [7, 11) is -2.08. The number of pyridine rings is 1. The Morgan fingerprint density at radius 2 is 1.76 bits per heavy atom. The zero-order chi connectivity index (χ0) is 26.2. The van der Waals surface area contributed by atoms with Crippen molar-refractivity contribution in [3.8, 4) is 40.2 Å². The highest BCUT2D eigenvalue weighted by molar-refractivity contribution is 7.91. The highest BCUT2D eigenvalue weighted by atomic mass is 32.2. The standard InChI is InChI=1S/C26H20F2N4O4S/c1-3-37(33,34)22-10-16(15-4-6-17(7-5-15)25(14-29)8-9-25)13-30-23(22)24-31-18-11-20-21(12-19(18)32(24)2)36-26(27,28)35-20/h4-7,10-13H,3,8-9H2,1-2H3. The fourth-order valence-electron chi connectivity index (χ4n) is 4.58. The molecule has 6 rings (SSSR count). The Labute approximate surface area is 211 Å². The number of ether oxygens (including phenoxy) is 2. The summed E-state index contributed by atoms with van der Waals surface area (Å²) in [5, 5.41) is 9.45. The Bertz CT molecular complexity index is 1740. The highest BCUT2D eigenvalue weighted by Crippen LogP contribution is 2.48. The maximum absolute atomic E-state index is 13.5. The van der Waals surface area contributed by atoms with Crippen LogP contribution in [0.4, 0.5) is 8.78 Å². The van der Waals surface area contributed by atoms with Gasteiger partial charge < -0.3 is 14.0 Å². The van der Waals surface area contributed by atoms with E-state index in [0.29, 0.717) is 16.6 Å². The number of aryl methyl sites for hydroxylation is 1. The molecule has 37 heavy (non-hydrogen) atoms. The molecule has 0 amide bonds. The number of hydrogen-bond donors (Lipinski definition) is 0. The normalized spacial score (nSPS) is 17.1. The maximum atomic E-state index is 13.5. The van der Waals surface area contributed by atoms with Gasteiger partial charge in [-0.3, -0.25) is 4.98 Å². The van der Waals surface area contributed by atoms with Gasteiger partial charge in [0.25, 0.3) is 0 Å². The molecule has 0 bridgehead atoms. The minimum atomic E-state index is -3.76. The Kier molecular flexibility index (Phi) is 4.88. The van der Waals surface area contributed by atoms with E-state index in [1.165, 1.54) is 12.1 Å². The molecule has 8 nitrogen and oxygen atoms in total. The summed E-state index contributed by atoms with van der Waals surface area (Å²) in [6, 6.07) is 14.1. The van der Waals surface area contributed by atoms with Crippen LogP contribution in [0.3, 0.4) is 0 Å². The molecule has 1 aliphatic heterocycles. The third-order valence-electron chi connectivity index (χ3n) is 6.92. The molecular weight excluding hydrogens is 502 g/mol. The van der Waals surface area contributed by atoms with Crippen molar-refractivity contribution in [2.75, 3.05) is 5.75 Å². The van der Waals surface area contributed by atoms with Crippen LogP contribution in [0, 0.1) is 11.3 Å². The van der Waals surface area contributed by atoms with Crippen LogP contribution in [0.1, 0.15) is 25.3 Å².